The molecule has 17 heavy (non-hydrogen) atoms. The van der Waals surface area contributed by atoms with Crippen LogP contribution in [0.15, 0.2) is 0 Å². The van der Waals surface area contributed by atoms with Crippen molar-refractivity contribution in [3.8, 4) is 5.75 Å². The highest BCUT2D eigenvalue weighted by Crippen LogP contribution is 2.29. The monoisotopic (exact) mass is 250 g/mol. The van der Waals surface area contributed by atoms with Gasteiger partial charge in [-0.25, -0.2) is 8.78 Å². The van der Waals surface area contributed by atoms with Gasteiger partial charge in [0.25, 0.3) is 0 Å². The van der Waals surface area contributed by atoms with E-state index in [9.17, 15) is 22.4 Å². The Morgan fingerprint density at radius 3 is 1.94 bits per heavy atom. The van der Waals surface area contributed by atoms with Crippen LogP contribution in [0.1, 0.15) is 25.3 Å². The van der Waals surface area contributed by atoms with Crippen LogP contribution in [-0.2, 0) is 4.79 Å². The van der Waals surface area contributed by atoms with Crippen molar-refractivity contribution < 1.29 is 27.1 Å². The summed E-state index contributed by atoms with van der Waals surface area (Å²) in [4.78, 5) is 11.0. The molecule has 1 aromatic carbocycles. The van der Waals surface area contributed by atoms with E-state index in [-0.39, 0.29) is 6.42 Å². The van der Waals surface area contributed by atoms with E-state index in [0.29, 0.717) is 6.42 Å². The molecule has 1 rings (SSSR count). The zero-order valence-corrected chi connectivity index (χ0v) is 9.24. The second kappa shape index (κ2) is 5.16. The second-order valence-electron chi connectivity index (χ2n) is 3.43. The Kier molecular flexibility index (Phi) is 4.09. The summed E-state index contributed by atoms with van der Waals surface area (Å²) in [6.45, 7) is 2.53. The zero-order valence-electron chi connectivity index (χ0n) is 9.24. The van der Waals surface area contributed by atoms with Gasteiger partial charge in [0.05, 0.1) is 0 Å². The summed E-state index contributed by atoms with van der Waals surface area (Å²) in [5.41, 5.74) is -0.796. The van der Waals surface area contributed by atoms with Gasteiger partial charge in [0.2, 0.25) is 17.4 Å². The molecule has 0 saturated heterocycles. The smallest absolute Gasteiger partial charge is 0.311 e. The molecule has 0 heterocycles. The minimum Gasteiger partial charge on any atom is -0.420 e. The minimum atomic E-state index is -1.70. The maximum Gasteiger partial charge on any atom is 0.311 e. The first-order chi connectivity index (χ1) is 7.90. The van der Waals surface area contributed by atoms with Crippen molar-refractivity contribution in [2.24, 2.45) is 0 Å². The first-order valence-corrected chi connectivity index (χ1v) is 4.93. The molecule has 0 radical (unpaired) electrons. The molecule has 94 valence electrons. The Morgan fingerprint density at radius 1 is 1.06 bits per heavy atom. The predicted molar refractivity (Wildman–Crippen MR) is 51.6 cm³/mol. The van der Waals surface area contributed by atoms with Crippen LogP contribution in [-0.4, -0.2) is 5.97 Å². The summed E-state index contributed by atoms with van der Waals surface area (Å²) in [6.07, 6.45) is 0.287. The number of benzene rings is 1. The van der Waals surface area contributed by atoms with Gasteiger partial charge in [-0.2, -0.15) is 8.78 Å². The molecule has 0 aromatic heterocycles. The predicted octanol–water partition coefficient (Wildman–Crippen LogP) is 3.26. The van der Waals surface area contributed by atoms with Crippen molar-refractivity contribution in [1.29, 1.82) is 0 Å². The van der Waals surface area contributed by atoms with Crippen LogP contribution >= 0.6 is 0 Å². The maximum absolute atomic E-state index is 13.2. The first kappa shape index (κ1) is 13.5. The molecule has 0 aliphatic carbocycles. The molecule has 0 saturated carbocycles. The van der Waals surface area contributed by atoms with Crippen LogP contribution in [0.25, 0.3) is 0 Å². The molecule has 0 aliphatic rings. The average Bonchev–Trinajstić information content (AvgIpc) is 2.30. The van der Waals surface area contributed by atoms with Gasteiger partial charge < -0.3 is 4.74 Å². The Bertz CT molecular complexity index is 428. The molecule has 0 bridgehead atoms. The lowest BCUT2D eigenvalue weighted by Crippen LogP contribution is -2.12. The third kappa shape index (κ3) is 2.57. The normalized spacial score (nSPS) is 10.5. The van der Waals surface area contributed by atoms with Gasteiger partial charge in [0.1, 0.15) is 0 Å². The van der Waals surface area contributed by atoms with Crippen molar-refractivity contribution in [3.63, 3.8) is 0 Å². The van der Waals surface area contributed by atoms with Crippen LogP contribution in [0.5, 0.6) is 5.75 Å². The van der Waals surface area contributed by atoms with E-state index < -0.39 is 40.6 Å². The summed E-state index contributed by atoms with van der Waals surface area (Å²) in [5.74, 6) is -8.82. The van der Waals surface area contributed by atoms with E-state index in [1.165, 1.54) is 0 Å². The topological polar surface area (TPSA) is 26.3 Å². The highest BCUT2D eigenvalue weighted by Gasteiger charge is 2.25. The van der Waals surface area contributed by atoms with E-state index in [1.54, 1.807) is 6.92 Å². The van der Waals surface area contributed by atoms with Crippen LogP contribution in [0.3, 0.4) is 0 Å². The average molecular weight is 250 g/mol. The number of hydrogen-bond acceptors (Lipinski definition) is 2. The zero-order chi connectivity index (χ0) is 13.2. The number of ether oxygens (including phenoxy) is 1. The van der Waals surface area contributed by atoms with E-state index in [1.807, 2.05) is 0 Å². The van der Waals surface area contributed by atoms with Gasteiger partial charge in [-0.15, -0.1) is 0 Å². The molecule has 1 aromatic rings. The Hall–Kier alpha value is -1.59. The largest absolute Gasteiger partial charge is 0.420 e. The lowest BCUT2D eigenvalue weighted by molar-refractivity contribution is -0.134. The summed E-state index contributed by atoms with van der Waals surface area (Å²) in [5, 5.41) is 0. The van der Waals surface area contributed by atoms with Gasteiger partial charge in [-0.1, -0.05) is 6.92 Å². The number of halogens is 4. The van der Waals surface area contributed by atoms with Gasteiger partial charge in [0.15, 0.2) is 11.6 Å². The Balaban J connectivity index is 3.20. The molecule has 0 N–H and O–H groups in total. The quantitative estimate of drug-likeness (QED) is 0.356. The summed E-state index contributed by atoms with van der Waals surface area (Å²) >= 11 is 0. The van der Waals surface area contributed by atoms with Gasteiger partial charge in [-0.3, -0.25) is 4.79 Å². The molecule has 0 amide bonds. The highest BCUT2D eigenvalue weighted by molar-refractivity contribution is 5.72. The van der Waals surface area contributed by atoms with Crippen molar-refractivity contribution in [2.45, 2.75) is 26.7 Å². The van der Waals surface area contributed by atoms with Gasteiger partial charge in [-0.05, 0) is 13.3 Å². The van der Waals surface area contributed by atoms with Crippen molar-refractivity contribution >= 4 is 5.97 Å². The highest BCUT2D eigenvalue weighted by atomic mass is 19.2. The Morgan fingerprint density at radius 2 is 1.53 bits per heavy atom. The van der Waals surface area contributed by atoms with E-state index in [4.69, 9.17) is 0 Å². The number of hydrogen-bond donors (Lipinski definition) is 0. The van der Waals surface area contributed by atoms with Crippen molar-refractivity contribution in [2.75, 3.05) is 0 Å². The van der Waals surface area contributed by atoms with Crippen molar-refractivity contribution in [3.05, 3.63) is 28.8 Å². The maximum atomic E-state index is 13.2. The SMILES string of the molecule is CCCC(=O)Oc1c(F)c(F)c(C)c(F)c1F. The third-order valence-corrected chi connectivity index (χ3v) is 2.11. The standard InChI is InChI=1S/C11H10F4O2/c1-3-4-6(16)17-11-9(14)7(12)5(2)8(13)10(11)15/h3-4H2,1-2H3. The van der Waals surface area contributed by atoms with Crippen molar-refractivity contribution in [1.82, 2.24) is 0 Å². The van der Waals surface area contributed by atoms with Gasteiger partial charge in [0, 0.05) is 12.0 Å². The third-order valence-electron chi connectivity index (χ3n) is 2.11. The van der Waals surface area contributed by atoms with Crippen LogP contribution in [0.2, 0.25) is 0 Å². The molecule has 0 unspecified atom stereocenters. The summed E-state index contributed by atoms with van der Waals surface area (Å²) < 4.78 is 56.9. The lowest BCUT2D eigenvalue weighted by Gasteiger charge is -2.09. The molecule has 0 fully saturated rings. The first-order valence-electron chi connectivity index (χ1n) is 4.93. The van der Waals surface area contributed by atoms with Crippen LogP contribution in [0.4, 0.5) is 17.6 Å². The molecule has 0 aliphatic heterocycles. The lowest BCUT2D eigenvalue weighted by atomic mass is 10.2. The fourth-order valence-corrected chi connectivity index (χ4v) is 1.18. The molecular weight excluding hydrogens is 240 g/mol. The fourth-order valence-electron chi connectivity index (χ4n) is 1.18. The number of esters is 1. The molecule has 2 nitrogen and oxygen atoms in total. The number of carbonyl (C=O) groups excluding carboxylic acids is 1. The molecule has 6 heteroatoms. The second-order valence-corrected chi connectivity index (χ2v) is 3.43. The summed E-state index contributed by atoms with van der Waals surface area (Å²) in [7, 11) is 0. The molecular formula is C11H10F4O2. The van der Waals surface area contributed by atoms with Crippen LogP contribution in [0, 0.1) is 30.2 Å². The Labute approximate surface area is 95.2 Å². The minimum absolute atomic E-state index is 0.101. The summed E-state index contributed by atoms with van der Waals surface area (Å²) in [6, 6.07) is 0. The molecule has 0 atom stereocenters. The number of rotatable bonds is 3. The molecule has 0 spiro atoms. The fraction of sp³-hybridized carbons (Fsp3) is 0.364. The van der Waals surface area contributed by atoms with Crippen LogP contribution < -0.4 is 4.74 Å². The van der Waals surface area contributed by atoms with E-state index in [2.05, 4.69) is 4.74 Å². The van der Waals surface area contributed by atoms with E-state index in [0.717, 1.165) is 6.92 Å². The number of carbonyl (C=O) groups is 1. The van der Waals surface area contributed by atoms with Gasteiger partial charge >= 0.3 is 5.97 Å². The van der Waals surface area contributed by atoms with E-state index >= 15 is 0 Å².